The number of nitro groups is 1. The number of benzene rings is 1. The van der Waals surface area contributed by atoms with E-state index < -0.39 is 32.3 Å². The number of hydrogen-bond acceptors (Lipinski definition) is 6. The molecule has 1 aromatic carbocycles. The van der Waals surface area contributed by atoms with Gasteiger partial charge in [-0.3, -0.25) is 15.0 Å². The maximum absolute atomic E-state index is 12.9. The van der Waals surface area contributed by atoms with Crippen LogP contribution in [0.1, 0.15) is 27.2 Å². The van der Waals surface area contributed by atoms with Crippen molar-refractivity contribution in [1.29, 1.82) is 0 Å². The molecule has 0 aromatic heterocycles. The Labute approximate surface area is 151 Å². The van der Waals surface area contributed by atoms with Gasteiger partial charge in [-0.2, -0.15) is 4.31 Å². The first-order valence-corrected chi connectivity index (χ1v) is 9.69. The summed E-state index contributed by atoms with van der Waals surface area (Å²) in [6, 6.07) is 4.73. The first kappa shape index (κ1) is 18.6. The van der Waals surface area contributed by atoms with Gasteiger partial charge in [-0.15, -0.1) is 0 Å². The highest BCUT2D eigenvalue weighted by atomic mass is 32.2. The van der Waals surface area contributed by atoms with Gasteiger partial charge in [0.1, 0.15) is 5.60 Å². The molecule has 1 amide bonds. The summed E-state index contributed by atoms with van der Waals surface area (Å²) in [6.07, 6.45) is 0.240. The molecule has 9 nitrogen and oxygen atoms in total. The normalized spacial score (nSPS) is 23.3. The topological polar surface area (TPSA) is 110 Å². The van der Waals surface area contributed by atoms with Crippen LogP contribution in [0.3, 0.4) is 0 Å². The molecule has 3 saturated heterocycles. The Hall–Kier alpha value is -2.20. The fourth-order valence-electron chi connectivity index (χ4n) is 3.35. The fraction of sp³-hybridized carbons (Fsp3) is 0.562. The molecule has 0 N–H and O–H groups in total. The summed E-state index contributed by atoms with van der Waals surface area (Å²) >= 11 is 0. The number of amides is 1. The number of nitro benzene ring substituents is 1. The second-order valence-electron chi connectivity index (χ2n) is 7.48. The van der Waals surface area contributed by atoms with E-state index in [1.807, 2.05) is 0 Å². The lowest BCUT2D eigenvalue weighted by atomic mass is 9.89. The minimum Gasteiger partial charge on any atom is -0.444 e. The van der Waals surface area contributed by atoms with Crippen LogP contribution < -0.4 is 0 Å². The molecule has 10 heteroatoms. The third-order valence-electron chi connectivity index (χ3n) is 4.44. The monoisotopic (exact) mass is 383 g/mol. The average Bonchev–Trinajstić information content (AvgIpc) is 2.53. The number of hydrogen-bond donors (Lipinski definition) is 0. The first-order valence-electron chi connectivity index (χ1n) is 8.25. The SMILES string of the molecule is CC(C)(C)OC(=O)N1[C@@H]2C[C@H]1CN(S(=O)(=O)c1ccccc1[N+](=O)[O-])C2. The van der Waals surface area contributed by atoms with Crippen LogP contribution in [-0.4, -0.2) is 59.4 Å². The quantitative estimate of drug-likeness (QED) is 0.583. The predicted molar refractivity (Wildman–Crippen MR) is 92.1 cm³/mol. The van der Waals surface area contributed by atoms with E-state index in [9.17, 15) is 23.3 Å². The maximum atomic E-state index is 12.9. The Balaban J connectivity index is 1.79. The van der Waals surface area contributed by atoms with Gasteiger partial charge in [0.15, 0.2) is 4.90 Å². The number of para-hydroxylation sites is 1. The van der Waals surface area contributed by atoms with Crippen LogP contribution >= 0.6 is 0 Å². The summed E-state index contributed by atoms with van der Waals surface area (Å²) in [6.45, 7) is 5.51. The van der Waals surface area contributed by atoms with Gasteiger partial charge in [-0.25, -0.2) is 13.2 Å². The Morgan fingerprint density at radius 1 is 1.23 bits per heavy atom. The third kappa shape index (κ3) is 3.26. The lowest BCUT2D eigenvalue weighted by Crippen LogP contribution is -2.71. The Morgan fingerprint density at radius 3 is 2.35 bits per heavy atom. The highest BCUT2D eigenvalue weighted by molar-refractivity contribution is 7.89. The second-order valence-corrected chi connectivity index (χ2v) is 9.38. The van der Waals surface area contributed by atoms with E-state index in [1.165, 1.54) is 28.6 Å². The second kappa shape index (κ2) is 6.20. The van der Waals surface area contributed by atoms with Gasteiger partial charge < -0.3 is 4.74 Å². The van der Waals surface area contributed by atoms with E-state index in [0.29, 0.717) is 6.42 Å². The van der Waals surface area contributed by atoms with Crippen LogP contribution in [0.4, 0.5) is 10.5 Å². The van der Waals surface area contributed by atoms with Crippen molar-refractivity contribution in [3.8, 4) is 0 Å². The summed E-state index contributed by atoms with van der Waals surface area (Å²) in [5.74, 6) is 0. The minimum atomic E-state index is -4.01. The van der Waals surface area contributed by atoms with Crippen LogP contribution in [0.25, 0.3) is 0 Å². The molecule has 3 heterocycles. The van der Waals surface area contributed by atoms with Crippen LogP contribution in [0.2, 0.25) is 0 Å². The van der Waals surface area contributed by atoms with Gasteiger partial charge in [0.2, 0.25) is 10.0 Å². The number of ether oxygens (including phenoxy) is 1. The molecule has 4 rings (SSSR count). The van der Waals surface area contributed by atoms with Crippen LogP contribution in [0, 0.1) is 10.1 Å². The molecule has 26 heavy (non-hydrogen) atoms. The predicted octanol–water partition coefficient (Wildman–Crippen LogP) is 1.98. The van der Waals surface area contributed by atoms with E-state index in [1.54, 1.807) is 25.7 Å². The molecular weight excluding hydrogens is 362 g/mol. The number of fused-ring (bicyclic) bond motifs is 2. The van der Waals surface area contributed by atoms with Crippen molar-refractivity contribution in [2.75, 3.05) is 13.1 Å². The Morgan fingerprint density at radius 2 is 1.81 bits per heavy atom. The number of carbonyl (C=O) groups excluding carboxylic acids is 1. The first-order chi connectivity index (χ1) is 12.0. The molecule has 0 spiro atoms. The molecule has 1 aromatic rings. The van der Waals surface area contributed by atoms with E-state index >= 15 is 0 Å². The lowest BCUT2D eigenvalue weighted by molar-refractivity contribution is -0.387. The van der Waals surface area contributed by atoms with Crippen molar-refractivity contribution in [3.05, 3.63) is 34.4 Å². The van der Waals surface area contributed by atoms with E-state index in [-0.39, 0.29) is 30.1 Å². The molecule has 2 atom stereocenters. The molecule has 3 aliphatic heterocycles. The zero-order valence-corrected chi connectivity index (χ0v) is 15.6. The van der Waals surface area contributed by atoms with Crippen LogP contribution in [0.15, 0.2) is 29.2 Å². The zero-order valence-electron chi connectivity index (χ0n) is 14.8. The van der Waals surface area contributed by atoms with Crippen molar-refractivity contribution in [3.63, 3.8) is 0 Å². The molecule has 0 aliphatic carbocycles. The van der Waals surface area contributed by atoms with Gasteiger partial charge >= 0.3 is 6.09 Å². The largest absolute Gasteiger partial charge is 0.444 e. The van der Waals surface area contributed by atoms with E-state index in [2.05, 4.69) is 0 Å². The molecule has 0 unspecified atom stereocenters. The molecule has 2 bridgehead atoms. The van der Waals surface area contributed by atoms with Crippen molar-refractivity contribution in [2.45, 2.75) is 49.8 Å². The highest BCUT2D eigenvalue weighted by Gasteiger charge is 2.52. The maximum Gasteiger partial charge on any atom is 0.410 e. The van der Waals surface area contributed by atoms with Gasteiger partial charge in [0.25, 0.3) is 5.69 Å². The smallest absolute Gasteiger partial charge is 0.410 e. The number of rotatable bonds is 3. The summed E-state index contributed by atoms with van der Waals surface area (Å²) in [5, 5.41) is 11.2. The lowest BCUT2D eigenvalue weighted by Gasteiger charge is -2.55. The molecular formula is C16H21N3O6S. The summed E-state index contributed by atoms with van der Waals surface area (Å²) in [4.78, 5) is 24.0. The van der Waals surface area contributed by atoms with E-state index in [0.717, 1.165) is 0 Å². The number of piperidine rings is 1. The molecule has 3 aliphatic rings. The van der Waals surface area contributed by atoms with Gasteiger partial charge in [0, 0.05) is 19.2 Å². The summed E-state index contributed by atoms with van der Waals surface area (Å²) < 4.78 is 32.3. The van der Waals surface area contributed by atoms with Gasteiger partial charge in [-0.1, -0.05) is 12.1 Å². The molecule has 142 valence electrons. The van der Waals surface area contributed by atoms with Crippen LogP contribution in [0.5, 0.6) is 0 Å². The summed E-state index contributed by atoms with van der Waals surface area (Å²) in [5.41, 5.74) is -1.08. The average molecular weight is 383 g/mol. The van der Waals surface area contributed by atoms with Crippen molar-refractivity contribution >= 4 is 21.8 Å². The van der Waals surface area contributed by atoms with E-state index in [4.69, 9.17) is 4.74 Å². The number of piperazine rings is 1. The molecule has 0 radical (unpaired) electrons. The number of sulfonamides is 1. The third-order valence-corrected chi connectivity index (χ3v) is 6.32. The number of carbonyl (C=O) groups is 1. The Kier molecular flexibility index (Phi) is 4.43. The van der Waals surface area contributed by atoms with Crippen molar-refractivity contribution in [1.82, 2.24) is 9.21 Å². The number of nitrogens with zero attached hydrogens (tertiary/aromatic N) is 3. The minimum absolute atomic E-state index is 0.101. The van der Waals surface area contributed by atoms with Gasteiger partial charge in [0.05, 0.1) is 17.0 Å². The van der Waals surface area contributed by atoms with Gasteiger partial charge in [-0.05, 0) is 33.3 Å². The molecule has 3 fully saturated rings. The summed E-state index contributed by atoms with van der Waals surface area (Å²) in [7, 11) is -4.01. The highest BCUT2D eigenvalue weighted by Crippen LogP contribution is 2.37. The standard InChI is InChI=1S/C16H21N3O6S/c1-16(2,3)25-15(20)18-11-8-12(18)10-17(9-11)26(23,24)14-7-5-4-6-13(14)19(21)22/h4-7,11-12H,8-10H2,1-3H3/t11-,12+. The van der Waals surface area contributed by atoms with Crippen LogP contribution in [-0.2, 0) is 14.8 Å². The zero-order chi connectivity index (χ0) is 19.3. The van der Waals surface area contributed by atoms with Crippen molar-refractivity contribution < 1.29 is 22.9 Å². The molecule has 0 saturated carbocycles. The Bertz CT molecular complexity index is 836. The van der Waals surface area contributed by atoms with Crippen molar-refractivity contribution in [2.24, 2.45) is 0 Å². The fourth-order valence-corrected chi connectivity index (χ4v) is 5.02.